The Bertz CT molecular complexity index is 867. The van der Waals surface area contributed by atoms with Crippen molar-refractivity contribution in [3.63, 3.8) is 0 Å². The molecule has 2 aromatic rings. The van der Waals surface area contributed by atoms with Crippen LogP contribution >= 0.6 is 0 Å². The number of carbonyl (C=O) groups excluding carboxylic acids is 1. The van der Waals surface area contributed by atoms with E-state index in [1.807, 2.05) is 24.3 Å². The first-order valence-electron chi connectivity index (χ1n) is 12.2. The van der Waals surface area contributed by atoms with Gasteiger partial charge in [-0.2, -0.15) is 0 Å². The summed E-state index contributed by atoms with van der Waals surface area (Å²) in [5.41, 5.74) is 3.70. The van der Waals surface area contributed by atoms with Gasteiger partial charge < -0.3 is 14.8 Å². The Hall–Kier alpha value is -2.37. The van der Waals surface area contributed by atoms with Gasteiger partial charge in [-0.3, -0.25) is 9.69 Å². The minimum atomic E-state index is 0.0688. The van der Waals surface area contributed by atoms with Crippen LogP contribution in [0.1, 0.15) is 56.7 Å². The number of benzene rings is 2. The maximum absolute atomic E-state index is 12.3. The monoisotopic (exact) mass is 452 g/mol. The number of likely N-dealkylation sites (N-methyl/N-ethyl adjacent to an activating group) is 1. The van der Waals surface area contributed by atoms with E-state index in [1.165, 1.54) is 11.1 Å². The predicted molar refractivity (Wildman–Crippen MR) is 134 cm³/mol. The summed E-state index contributed by atoms with van der Waals surface area (Å²) in [5, 5.41) is 3.03. The van der Waals surface area contributed by atoms with Crippen molar-refractivity contribution in [1.29, 1.82) is 0 Å². The molecule has 1 heterocycles. The van der Waals surface area contributed by atoms with Crippen molar-refractivity contribution in [3.05, 3.63) is 65.2 Å². The molecule has 33 heavy (non-hydrogen) atoms. The molecule has 0 aliphatic carbocycles. The van der Waals surface area contributed by atoms with Crippen LogP contribution in [-0.4, -0.2) is 50.3 Å². The number of carbonyl (C=O) groups is 1. The lowest BCUT2D eigenvalue weighted by Crippen LogP contribution is -2.38. The molecule has 1 amide bonds. The van der Waals surface area contributed by atoms with Crippen LogP contribution in [0.3, 0.4) is 0 Å². The third kappa shape index (κ3) is 8.49. The predicted octanol–water partition coefficient (Wildman–Crippen LogP) is 4.72. The van der Waals surface area contributed by atoms with Gasteiger partial charge in [0.2, 0.25) is 5.91 Å². The van der Waals surface area contributed by atoms with Crippen molar-refractivity contribution in [2.45, 2.75) is 64.5 Å². The van der Waals surface area contributed by atoms with Gasteiger partial charge in [-0.25, -0.2) is 0 Å². The summed E-state index contributed by atoms with van der Waals surface area (Å²) in [6.07, 6.45) is 3.42. The van der Waals surface area contributed by atoms with E-state index in [2.05, 4.69) is 62.3 Å². The van der Waals surface area contributed by atoms with E-state index < -0.39 is 0 Å². The SMILES string of the molecule is CN(CCOc1cccc(CNC(=O)CCc2ccc(C(C)(C)C)cc2)c1)C1CCOCC1. The van der Waals surface area contributed by atoms with Gasteiger partial charge in [0.25, 0.3) is 0 Å². The van der Waals surface area contributed by atoms with E-state index in [1.54, 1.807) is 0 Å². The quantitative estimate of drug-likeness (QED) is 0.567. The molecule has 2 aromatic carbocycles. The molecule has 180 valence electrons. The van der Waals surface area contributed by atoms with E-state index in [0.717, 1.165) is 50.3 Å². The van der Waals surface area contributed by atoms with Gasteiger partial charge >= 0.3 is 0 Å². The Balaban J connectivity index is 1.37. The van der Waals surface area contributed by atoms with Crippen molar-refractivity contribution in [2.24, 2.45) is 0 Å². The van der Waals surface area contributed by atoms with Crippen LogP contribution in [0.5, 0.6) is 5.75 Å². The first-order valence-corrected chi connectivity index (χ1v) is 12.2. The second-order valence-electron chi connectivity index (χ2n) is 10.0. The molecule has 0 spiro atoms. The van der Waals surface area contributed by atoms with Gasteiger partial charge in [0.1, 0.15) is 12.4 Å². The van der Waals surface area contributed by atoms with Crippen LogP contribution in [0.25, 0.3) is 0 Å². The molecule has 5 heteroatoms. The number of amides is 1. The van der Waals surface area contributed by atoms with Crippen LogP contribution in [0.2, 0.25) is 0 Å². The van der Waals surface area contributed by atoms with Gasteiger partial charge in [0, 0.05) is 38.8 Å². The Morgan fingerprint density at radius 1 is 1.09 bits per heavy atom. The van der Waals surface area contributed by atoms with E-state index >= 15 is 0 Å². The molecule has 0 aromatic heterocycles. The van der Waals surface area contributed by atoms with E-state index in [9.17, 15) is 4.79 Å². The fraction of sp³-hybridized carbons (Fsp3) is 0.536. The zero-order valence-electron chi connectivity index (χ0n) is 20.7. The van der Waals surface area contributed by atoms with Crippen molar-refractivity contribution in [2.75, 3.05) is 33.4 Å². The molecule has 1 saturated heterocycles. The fourth-order valence-corrected chi connectivity index (χ4v) is 4.08. The lowest BCUT2D eigenvalue weighted by Gasteiger charge is -2.31. The molecule has 3 rings (SSSR count). The molecule has 0 unspecified atom stereocenters. The number of nitrogens with one attached hydrogen (secondary N) is 1. The third-order valence-electron chi connectivity index (χ3n) is 6.38. The lowest BCUT2D eigenvalue weighted by molar-refractivity contribution is -0.121. The average molecular weight is 453 g/mol. The molecule has 0 bridgehead atoms. The molecular weight excluding hydrogens is 412 g/mol. The molecular formula is C28H40N2O3. The number of hydrogen-bond donors (Lipinski definition) is 1. The normalized spacial score (nSPS) is 14.9. The molecule has 0 radical (unpaired) electrons. The van der Waals surface area contributed by atoms with Gasteiger partial charge in [-0.1, -0.05) is 57.2 Å². The summed E-state index contributed by atoms with van der Waals surface area (Å²) >= 11 is 0. The molecule has 0 atom stereocenters. The highest BCUT2D eigenvalue weighted by Gasteiger charge is 2.18. The fourth-order valence-electron chi connectivity index (χ4n) is 4.08. The highest BCUT2D eigenvalue weighted by atomic mass is 16.5. The Kier molecular flexibility index (Phi) is 9.33. The zero-order chi connectivity index (χ0) is 23.7. The van der Waals surface area contributed by atoms with Crippen molar-refractivity contribution in [3.8, 4) is 5.75 Å². The number of nitrogens with zero attached hydrogens (tertiary/aromatic N) is 1. The van der Waals surface area contributed by atoms with Crippen LogP contribution in [-0.2, 0) is 27.9 Å². The Morgan fingerprint density at radius 2 is 1.82 bits per heavy atom. The summed E-state index contributed by atoms with van der Waals surface area (Å²) in [6.45, 7) is 10.4. The minimum absolute atomic E-state index is 0.0688. The molecule has 1 N–H and O–H groups in total. The van der Waals surface area contributed by atoms with Crippen LogP contribution < -0.4 is 10.1 Å². The van der Waals surface area contributed by atoms with E-state index in [-0.39, 0.29) is 11.3 Å². The summed E-state index contributed by atoms with van der Waals surface area (Å²) in [7, 11) is 2.16. The lowest BCUT2D eigenvalue weighted by atomic mass is 9.86. The van der Waals surface area contributed by atoms with Gasteiger partial charge in [0.05, 0.1) is 0 Å². The first kappa shape index (κ1) is 25.3. The molecule has 1 fully saturated rings. The van der Waals surface area contributed by atoms with Gasteiger partial charge in [0.15, 0.2) is 0 Å². The molecule has 1 aliphatic heterocycles. The largest absolute Gasteiger partial charge is 0.492 e. The van der Waals surface area contributed by atoms with Crippen LogP contribution in [0.15, 0.2) is 48.5 Å². The maximum Gasteiger partial charge on any atom is 0.220 e. The second kappa shape index (κ2) is 12.2. The Labute approximate surface area is 199 Å². The summed E-state index contributed by atoms with van der Waals surface area (Å²) in [5.74, 6) is 0.917. The average Bonchev–Trinajstić information content (AvgIpc) is 2.82. The second-order valence-corrected chi connectivity index (χ2v) is 10.0. The van der Waals surface area contributed by atoms with Crippen molar-refractivity contribution in [1.82, 2.24) is 10.2 Å². The summed E-state index contributed by atoms with van der Waals surface area (Å²) in [4.78, 5) is 14.7. The third-order valence-corrected chi connectivity index (χ3v) is 6.38. The first-order chi connectivity index (χ1) is 15.8. The van der Waals surface area contributed by atoms with Crippen LogP contribution in [0, 0.1) is 0 Å². The molecule has 1 aliphatic rings. The number of ether oxygens (including phenoxy) is 2. The smallest absolute Gasteiger partial charge is 0.220 e. The highest BCUT2D eigenvalue weighted by Crippen LogP contribution is 2.22. The Morgan fingerprint density at radius 3 is 2.52 bits per heavy atom. The molecule has 0 saturated carbocycles. The van der Waals surface area contributed by atoms with Gasteiger partial charge in [-0.15, -0.1) is 0 Å². The number of aryl methyl sites for hydroxylation is 1. The van der Waals surface area contributed by atoms with E-state index in [0.29, 0.717) is 25.6 Å². The highest BCUT2D eigenvalue weighted by molar-refractivity contribution is 5.76. The summed E-state index contributed by atoms with van der Waals surface area (Å²) in [6, 6.07) is 17.2. The van der Waals surface area contributed by atoms with Crippen LogP contribution in [0.4, 0.5) is 0 Å². The maximum atomic E-state index is 12.3. The standard InChI is InChI=1S/C28H40N2O3/c1-28(2,3)24-11-8-22(9-12-24)10-13-27(31)29-21-23-6-5-7-26(20-23)33-19-16-30(4)25-14-17-32-18-15-25/h5-9,11-12,20,25H,10,13-19,21H2,1-4H3,(H,29,31). The molecule has 5 nitrogen and oxygen atoms in total. The zero-order valence-corrected chi connectivity index (χ0v) is 20.7. The van der Waals surface area contributed by atoms with Crippen molar-refractivity contribution < 1.29 is 14.3 Å². The summed E-state index contributed by atoms with van der Waals surface area (Å²) < 4.78 is 11.4. The number of rotatable bonds is 10. The van der Waals surface area contributed by atoms with E-state index in [4.69, 9.17) is 9.47 Å². The minimum Gasteiger partial charge on any atom is -0.492 e. The van der Waals surface area contributed by atoms with Gasteiger partial charge in [-0.05, 0) is 60.5 Å². The number of hydrogen-bond acceptors (Lipinski definition) is 4. The van der Waals surface area contributed by atoms with Crippen molar-refractivity contribution >= 4 is 5.91 Å². The topological polar surface area (TPSA) is 50.8 Å².